The van der Waals surface area contributed by atoms with E-state index >= 15 is 0 Å². The molecule has 1 aliphatic carbocycles. The fourth-order valence-corrected chi connectivity index (χ4v) is 3.55. The molecule has 2 rings (SSSR count). The summed E-state index contributed by atoms with van der Waals surface area (Å²) >= 11 is 0. The highest BCUT2D eigenvalue weighted by molar-refractivity contribution is 4.91. The molecule has 2 aliphatic rings. The Kier molecular flexibility index (Phi) is 5.51. The molecule has 0 aromatic heterocycles. The first kappa shape index (κ1) is 15.1. The lowest BCUT2D eigenvalue weighted by molar-refractivity contribution is -0.135. The van der Waals surface area contributed by atoms with Crippen molar-refractivity contribution in [2.24, 2.45) is 5.92 Å². The van der Waals surface area contributed by atoms with Gasteiger partial charge in [0.25, 0.3) is 0 Å². The first-order chi connectivity index (χ1) is 9.06. The molecule has 1 saturated carbocycles. The van der Waals surface area contributed by atoms with E-state index in [2.05, 4.69) is 10.6 Å². The van der Waals surface area contributed by atoms with Crippen LogP contribution in [0.4, 0.5) is 13.2 Å². The molecule has 3 unspecified atom stereocenters. The van der Waals surface area contributed by atoms with E-state index in [-0.39, 0.29) is 6.42 Å². The summed E-state index contributed by atoms with van der Waals surface area (Å²) in [6, 6.07) is 0.998. The van der Waals surface area contributed by atoms with E-state index in [9.17, 15) is 13.2 Å². The molecular formula is C14H25F3N2. The summed E-state index contributed by atoms with van der Waals surface area (Å²) in [5, 5.41) is 6.93. The molecule has 0 bridgehead atoms. The van der Waals surface area contributed by atoms with Crippen LogP contribution in [0.3, 0.4) is 0 Å². The van der Waals surface area contributed by atoms with Crippen LogP contribution in [-0.4, -0.2) is 31.3 Å². The predicted octanol–water partition coefficient (Wildman–Crippen LogP) is 3.23. The van der Waals surface area contributed by atoms with Gasteiger partial charge in [-0.3, -0.25) is 0 Å². The molecule has 0 spiro atoms. The Morgan fingerprint density at radius 2 is 1.84 bits per heavy atom. The molecule has 0 radical (unpaired) electrons. The van der Waals surface area contributed by atoms with Crippen molar-refractivity contribution in [3.05, 3.63) is 0 Å². The summed E-state index contributed by atoms with van der Waals surface area (Å²) in [7, 11) is 0. The standard InChI is InChI=1S/C14H25F3N2/c15-14(16,17)8-4-10-19-12-6-2-1-5-11(12)13-7-3-9-18-13/h11-13,18-19H,1-10H2. The number of rotatable bonds is 5. The summed E-state index contributed by atoms with van der Waals surface area (Å²) in [5.41, 5.74) is 0. The van der Waals surface area contributed by atoms with E-state index in [4.69, 9.17) is 0 Å². The first-order valence-corrected chi connectivity index (χ1v) is 7.60. The van der Waals surface area contributed by atoms with Gasteiger partial charge in [-0.2, -0.15) is 13.2 Å². The van der Waals surface area contributed by atoms with Gasteiger partial charge in [0.15, 0.2) is 0 Å². The smallest absolute Gasteiger partial charge is 0.314 e. The lowest BCUT2D eigenvalue weighted by Crippen LogP contribution is -2.47. The van der Waals surface area contributed by atoms with Crippen molar-refractivity contribution in [3.8, 4) is 0 Å². The third kappa shape index (κ3) is 4.95. The molecule has 1 aliphatic heterocycles. The van der Waals surface area contributed by atoms with Gasteiger partial charge < -0.3 is 10.6 Å². The molecular weight excluding hydrogens is 253 g/mol. The lowest BCUT2D eigenvalue weighted by Gasteiger charge is -2.36. The maximum absolute atomic E-state index is 12.1. The van der Waals surface area contributed by atoms with Gasteiger partial charge in [-0.05, 0) is 51.1 Å². The minimum atomic E-state index is -4.01. The Labute approximate surface area is 113 Å². The number of alkyl halides is 3. The molecule has 2 nitrogen and oxygen atoms in total. The van der Waals surface area contributed by atoms with Gasteiger partial charge in [0.1, 0.15) is 0 Å². The van der Waals surface area contributed by atoms with E-state index in [1.54, 1.807) is 0 Å². The maximum Gasteiger partial charge on any atom is 0.389 e. The van der Waals surface area contributed by atoms with Gasteiger partial charge in [0.2, 0.25) is 0 Å². The molecule has 2 fully saturated rings. The predicted molar refractivity (Wildman–Crippen MR) is 70.1 cm³/mol. The third-order valence-electron chi connectivity index (χ3n) is 4.48. The fraction of sp³-hybridized carbons (Fsp3) is 1.00. The van der Waals surface area contributed by atoms with Gasteiger partial charge in [-0.25, -0.2) is 0 Å². The highest BCUT2D eigenvalue weighted by atomic mass is 19.4. The molecule has 0 amide bonds. The van der Waals surface area contributed by atoms with Gasteiger partial charge in [-0.15, -0.1) is 0 Å². The molecule has 0 aromatic rings. The largest absolute Gasteiger partial charge is 0.389 e. The summed E-state index contributed by atoms with van der Waals surface area (Å²) in [4.78, 5) is 0. The van der Waals surface area contributed by atoms with Crippen LogP contribution < -0.4 is 10.6 Å². The van der Waals surface area contributed by atoms with Crippen LogP contribution in [0, 0.1) is 5.92 Å². The summed E-state index contributed by atoms with van der Waals surface area (Å²) in [5.74, 6) is 0.613. The molecule has 3 atom stereocenters. The Morgan fingerprint density at radius 3 is 2.53 bits per heavy atom. The highest BCUT2D eigenvalue weighted by Crippen LogP contribution is 2.30. The molecule has 1 heterocycles. The van der Waals surface area contributed by atoms with Crippen molar-refractivity contribution in [1.29, 1.82) is 0 Å². The molecule has 112 valence electrons. The van der Waals surface area contributed by atoms with Crippen molar-refractivity contribution in [2.75, 3.05) is 13.1 Å². The molecule has 0 aromatic carbocycles. The van der Waals surface area contributed by atoms with Crippen LogP contribution in [0.25, 0.3) is 0 Å². The van der Waals surface area contributed by atoms with Crippen molar-refractivity contribution < 1.29 is 13.2 Å². The van der Waals surface area contributed by atoms with Crippen LogP contribution in [0.2, 0.25) is 0 Å². The van der Waals surface area contributed by atoms with Crippen LogP contribution in [0.1, 0.15) is 51.4 Å². The third-order valence-corrected chi connectivity index (χ3v) is 4.48. The average molecular weight is 278 g/mol. The van der Waals surface area contributed by atoms with E-state index in [1.165, 1.54) is 32.1 Å². The first-order valence-electron chi connectivity index (χ1n) is 7.60. The van der Waals surface area contributed by atoms with E-state index in [0.29, 0.717) is 24.5 Å². The number of hydrogen-bond acceptors (Lipinski definition) is 2. The Morgan fingerprint density at radius 1 is 1.05 bits per heavy atom. The molecule has 19 heavy (non-hydrogen) atoms. The van der Waals surface area contributed by atoms with Crippen molar-refractivity contribution in [1.82, 2.24) is 10.6 Å². The molecule has 5 heteroatoms. The Hall–Kier alpha value is -0.290. The zero-order valence-corrected chi connectivity index (χ0v) is 11.4. The fourth-order valence-electron chi connectivity index (χ4n) is 3.55. The van der Waals surface area contributed by atoms with Gasteiger partial charge in [0.05, 0.1) is 0 Å². The van der Waals surface area contributed by atoms with Crippen molar-refractivity contribution >= 4 is 0 Å². The van der Waals surface area contributed by atoms with Crippen LogP contribution in [0.15, 0.2) is 0 Å². The van der Waals surface area contributed by atoms with Crippen LogP contribution in [0.5, 0.6) is 0 Å². The maximum atomic E-state index is 12.1. The topological polar surface area (TPSA) is 24.1 Å². The quantitative estimate of drug-likeness (QED) is 0.754. The normalized spacial score (nSPS) is 32.7. The summed E-state index contributed by atoms with van der Waals surface area (Å²) < 4.78 is 36.3. The zero-order chi connectivity index (χ0) is 13.7. The van der Waals surface area contributed by atoms with Crippen molar-refractivity contribution in [3.63, 3.8) is 0 Å². The summed E-state index contributed by atoms with van der Waals surface area (Å²) in [6.45, 7) is 1.59. The Balaban J connectivity index is 1.73. The van der Waals surface area contributed by atoms with Gasteiger partial charge >= 0.3 is 6.18 Å². The van der Waals surface area contributed by atoms with Gasteiger partial charge in [-0.1, -0.05) is 12.8 Å². The zero-order valence-electron chi connectivity index (χ0n) is 11.4. The van der Waals surface area contributed by atoms with E-state index in [1.807, 2.05) is 0 Å². The second-order valence-electron chi connectivity index (χ2n) is 5.93. The van der Waals surface area contributed by atoms with Gasteiger partial charge in [0, 0.05) is 18.5 Å². The SMILES string of the molecule is FC(F)(F)CCCNC1CCCCC1C1CCCN1. The van der Waals surface area contributed by atoms with E-state index in [0.717, 1.165) is 13.0 Å². The van der Waals surface area contributed by atoms with Crippen LogP contribution >= 0.6 is 0 Å². The summed E-state index contributed by atoms with van der Waals surface area (Å²) in [6.07, 6.45) is 2.80. The average Bonchev–Trinajstić information content (AvgIpc) is 2.88. The van der Waals surface area contributed by atoms with Crippen LogP contribution in [-0.2, 0) is 0 Å². The highest BCUT2D eigenvalue weighted by Gasteiger charge is 2.33. The minimum absolute atomic E-state index is 0.199. The number of nitrogens with one attached hydrogen (secondary N) is 2. The lowest BCUT2D eigenvalue weighted by atomic mass is 9.79. The van der Waals surface area contributed by atoms with E-state index < -0.39 is 12.6 Å². The second kappa shape index (κ2) is 6.93. The molecule has 1 saturated heterocycles. The Bertz CT molecular complexity index is 262. The minimum Gasteiger partial charge on any atom is -0.314 e. The second-order valence-corrected chi connectivity index (χ2v) is 5.93. The number of halogens is 3. The number of hydrogen-bond donors (Lipinski definition) is 2. The van der Waals surface area contributed by atoms with Crippen molar-refractivity contribution in [2.45, 2.75) is 69.6 Å². The monoisotopic (exact) mass is 278 g/mol. The molecule has 2 N–H and O–H groups in total.